The predicted molar refractivity (Wildman–Crippen MR) is 98.8 cm³/mol. The van der Waals surface area contributed by atoms with Gasteiger partial charge in [-0.3, -0.25) is 4.79 Å². The first-order valence-corrected chi connectivity index (χ1v) is 9.21. The number of nitrogens with one attached hydrogen (secondary N) is 1. The minimum Gasteiger partial charge on any atom is -0.497 e. The van der Waals surface area contributed by atoms with Gasteiger partial charge in [0.1, 0.15) is 11.5 Å². The number of benzene rings is 1. The lowest BCUT2D eigenvalue weighted by Gasteiger charge is -2.52. The van der Waals surface area contributed by atoms with Crippen molar-refractivity contribution in [3.05, 3.63) is 46.3 Å². The van der Waals surface area contributed by atoms with Crippen molar-refractivity contribution < 1.29 is 14.1 Å². The van der Waals surface area contributed by atoms with E-state index in [4.69, 9.17) is 9.26 Å². The smallest absolute Gasteiger partial charge is 0.273 e. The van der Waals surface area contributed by atoms with E-state index >= 15 is 0 Å². The first kappa shape index (κ1) is 17.1. The van der Waals surface area contributed by atoms with Crippen molar-refractivity contribution in [3.63, 3.8) is 0 Å². The van der Waals surface area contributed by atoms with Crippen LogP contribution in [0.4, 0.5) is 0 Å². The second-order valence-electron chi connectivity index (χ2n) is 8.35. The minimum absolute atomic E-state index is 0.0903. The number of aromatic nitrogens is 1. The van der Waals surface area contributed by atoms with Crippen LogP contribution in [0.15, 0.2) is 22.7 Å². The Morgan fingerprint density at radius 1 is 1.35 bits per heavy atom. The number of hydrogen-bond donors (Lipinski definition) is 1. The first-order valence-electron chi connectivity index (χ1n) is 9.21. The summed E-state index contributed by atoms with van der Waals surface area (Å²) >= 11 is 0. The van der Waals surface area contributed by atoms with Crippen molar-refractivity contribution >= 4 is 5.91 Å². The number of methoxy groups -OCH3 is 1. The third-order valence-corrected chi connectivity index (χ3v) is 6.63. The monoisotopic (exact) mass is 354 g/mol. The Labute approximate surface area is 154 Å². The molecule has 0 radical (unpaired) electrons. The van der Waals surface area contributed by atoms with Gasteiger partial charge in [0.2, 0.25) is 0 Å². The summed E-state index contributed by atoms with van der Waals surface area (Å²) in [5, 5.41) is 6.82. The highest BCUT2D eigenvalue weighted by Gasteiger charge is 2.55. The Balaban J connectivity index is 1.92. The fourth-order valence-corrected chi connectivity index (χ4v) is 5.42. The van der Waals surface area contributed by atoms with Crippen molar-refractivity contribution in [2.45, 2.75) is 50.9 Å². The molecule has 0 unspecified atom stereocenters. The fraction of sp³-hybridized carbons (Fsp3) is 0.524. The van der Waals surface area contributed by atoms with Gasteiger partial charge in [0, 0.05) is 23.4 Å². The quantitative estimate of drug-likeness (QED) is 0.898. The number of carbonyl (C=O) groups is 1. The molecule has 2 aliphatic carbocycles. The highest BCUT2D eigenvalue weighted by atomic mass is 16.5. The maximum Gasteiger partial charge on any atom is 0.273 e. The molecule has 1 heterocycles. The average molecular weight is 354 g/mol. The first-order chi connectivity index (χ1) is 12.3. The maximum absolute atomic E-state index is 12.3. The number of hydrogen-bond acceptors (Lipinski definition) is 4. The van der Waals surface area contributed by atoms with Crippen LogP contribution in [0.5, 0.6) is 5.75 Å². The summed E-state index contributed by atoms with van der Waals surface area (Å²) in [4.78, 5) is 12.3. The lowest BCUT2D eigenvalue weighted by molar-refractivity contribution is 0.0953. The molecule has 138 valence electrons. The highest BCUT2D eigenvalue weighted by molar-refractivity contribution is 5.93. The van der Waals surface area contributed by atoms with Crippen LogP contribution in [-0.2, 0) is 23.7 Å². The largest absolute Gasteiger partial charge is 0.497 e. The molecule has 5 nitrogen and oxygen atoms in total. The molecule has 0 aliphatic heterocycles. The number of nitrogens with zero attached hydrogens (tertiary/aromatic N) is 1. The van der Waals surface area contributed by atoms with Gasteiger partial charge in [0.15, 0.2) is 5.69 Å². The Kier molecular flexibility index (Phi) is 3.69. The summed E-state index contributed by atoms with van der Waals surface area (Å²) in [5.74, 6) is 1.97. The highest BCUT2D eigenvalue weighted by Crippen LogP contribution is 2.57. The minimum atomic E-state index is -0.192. The number of amides is 1. The van der Waals surface area contributed by atoms with E-state index in [1.807, 2.05) is 6.07 Å². The Hall–Kier alpha value is -2.30. The molecule has 5 heteroatoms. The van der Waals surface area contributed by atoms with E-state index in [9.17, 15) is 4.79 Å². The molecule has 2 aliphatic rings. The van der Waals surface area contributed by atoms with E-state index in [1.165, 1.54) is 11.1 Å². The molecular formula is C21H26N2O3. The van der Waals surface area contributed by atoms with E-state index < -0.39 is 0 Å². The number of fused-ring (bicyclic) bond motifs is 4. The standard InChI is InChI=1S/C21H26N2O3/c1-20(2)16-9-7-12-6-8-13(25-5)10-15(12)21(16,3)11-14-17(19(24)22-4)23-26-18(14)20/h6,8,10,16H,7,9,11H2,1-5H3,(H,22,24)/t16-,21+/m0/s1. The Morgan fingerprint density at radius 2 is 2.12 bits per heavy atom. The zero-order valence-corrected chi connectivity index (χ0v) is 16.1. The van der Waals surface area contributed by atoms with E-state index in [0.29, 0.717) is 11.6 Å². The van der Waals surface area contributed by atoms with E-state index in [2.05, 4.69) is 43.4 Å². The lowest BCUT2D eigenvalue weighted by Crippen LogP contribution is -2.51. The van der Waals surface area contributed by atoms with Crippen LogP contribution >= 0.6 is 0 Å². The van der Waals surface area contributed by atoms with Crippen LogP contribution in [0.25, 0.3) is 0 Å². The molecular weight excluding hydrogens is 328 g/mol. The number of rotatable bonds is 2. The van der Waals surface area contributed by atoms with Gasteiger partial charge in [-0.25, -0.2) is 0 Å². The summed E-state index contributed by atoms with van der Waals surface area (Å²) in [5.41, 5.74) is 3.79. The zero-order valence-electron chi connectivity index (χ0n) is 16.1. The molecule has 2 atom stereocenters. The summed E-state index contributed by atoms with van der Waals surface area (Å²) in [6.07, 6.45) is 2.90. The normalized spacial score (nSPS) is 25.7. The molecule has 1 aromatic carbocycles. The fourth-order valence-electron chi connectivity index (χ4n) is 5.42. The lowest BCUT2D eigenvalue weighted by atomic mass is 9.50. The molecule has 1 aromatic heterocycles. The summed E-state index contributed by atoms with van der Waals surface area (Å²) in [6, 6.07) is 6.40. The molecule has 0 saturated carbocycles. The van der Waals surface area contributed by atoms with Gasteiger partial charge < -0.3 is 14.6 Å². The number of aryl methyl sites for hydroxylation is 1. The molecule has 26 heavy (non-hydrogen) atoms. The van der Waals surface area contributed by atoms with Crippen molar-refractivity contribution in [2.75, 3.05) is 14.2 Å². The second-order valence-corrected chi connectivity index (χ2v) is 8.35. The summed E-state index contributed by atoms with van der Waals surface area (Å²) in [6.45, 7) is 6.76. The van der Waals surface area contributed by atoms with Crippen LogP contribution < -0.4 is 10.1 Å². The molecule has 0 saturated heterocycles. The van der Waals surface area contributed by atoms with Crippen LogP contribution in [-0.4, -0.2) is 25.2 Å². The zero-order chi connectivity index (χ0) is 18.7. The average Bonchev–Trinajstić information content (AvgIpc) is 3.04. The van der Waals surface area contributed by atoms with Crippen molar-refractivity contribution in [1.29, 1.82) is 0 Å². The molecule has 0 fully saturated rings. The molecule has 2 aromatic rings. The van der Waals surface area contributed by atoms with Gasteiger partial charge in [-0.1, -0.05) is 32.0 Å². The van der Waals surface area contributed by atoms with Crippen molar-refractivity contribution in [2.24, 2.45) is 5.92 Å². The maximum atomic E-state index is 12.3. The molecule has 0 bridgehead atoms. The molecule has 4 rings (SSSR count). The number of carbonyl (C=O) groups excluding carboxylic acids is 1. The third-order valence-electron chi connectivity index (χ3n) is 6.63. The third kappa shape index (κ3) is 2.15. The molecule has 0 spiro atoms. The molecule has 1 N–H and O–H groups in total. The Morgan fingerprint density at radius 3 is 2.81 bits per heavy atom. The van der Waals surface area contributed by atoms with Gasteiger partial charge in [-0.2, -0.15) is 0 Å². The van der Waals surface area contributed by atoms with Crippen molar-refractivity contribution in [3.8, 4) is 5.75 Å². The van der Waals surface area contributed by atoms with Gasteiger partial charge in [0.05, 0.1) is 7.11 Å². The van der Waals surface area contributed by atoms with Crippen LogP contribution in [0.3, 0.4) is 0 Å². The van der Waals surface area contributed by atoms with E-state index in [0.717, 1.165) is 36.3 Å². The van der Waals surface area contributed by atoms with E-state index in [-0.39, 0.29) is 16.7 Å². The Bertz CT molecular complexity index is 883. The molecule has 1 amide bonds. The van der Waals surface area contributed by atoms with Gasteiger partial charge in [0.25, 0.3) is 5.91 Å². The van der Waals surface area contributed by atoms with Gasteiger partial charge >= 0.3 is 0 Å². The van der Waals surface area contributed by atoms with Crippen LogP contribution in [0, 0.1) is 5.92 Å². The second kappa shape index (κ2) is 5.60. The summed E-state index contributed by atoms with van der Waals surface area (Å²) in [7, 11) is 3.33. The summed E-state index contributed by atoms with van der Waals surface area (Å²) < 4.78 is 11.2. The predicted octanol–water partition coefficient (Wildman–Crippen LogP) is 3.40. The van der Waals surface area contributed by atoms with Crippen molar-refractivity contribution in [1.82, 2.24) is 10.5 Å². The number of ether oxygens (including phenoxy) is 1. The van der Waals surface area contributed by atoms with E-state index in [1.54, 1.807) is 14.2 Å². The SMILES string of the molecule is CNC(=O)c1noc2c1C[C@]1(C)c3cc(OC)ccc3CC[C@H]1C2(C)C. The van der Waals surface area contributed by atoms with Crippen LogP contribution in [0.2, 0.25) is 0 Å². The van der Waals surface area contributed by atoms with Gasteiger partial charge in [-0.05, 0) is 48.4 Å². The van der Waals surface area contributed by atoms with Gasteiger partial charge in [-0.15, -0.1) is 0 Å². The van der Waals surface area contributed by atoms with Crippen LogP contribution in [0.1, 0.15) is 60.1 Å². The topological polar surface area (TPSA) is 64.4 Å².